The molecule has 0 atom stereocenters. The molecule has 3 aromatic rings. The van der Waals surface area contributed by atoms with Crippen molar-refractivity contribution in [1.29, 1.82) is 0 Å². The van der Waals surface area contributed by atoms with Crippen LogP contribution in [-0.4, -0.2) is 27.8 Å². The number of aryl methyl sites for hydroxylation is 1. The highest BCUT2D eigenvalue weighted by Gasteiger charge is 2.24. The summed E-state index contributed by atoms with van der Waals surface area (Å²) in [5.41, 5.74) is 4.20. The minimum Gasteiger partial charge on any atom is -0.504 e. The predicted octanol–water partition coefficient (Wildman–Crippen LogP) is 5.36. The lowest BCUT2D eigenvalue weighted by Gasteiger charge is -2.08. The van der Waals surface area contributed by atoms with Crippen LogP contribution in [0.3, 0.4) is 0 Å². The standard InChI is InChI=1S/C23H24ClNO4/c1-14-18(13-17-11-15-5-8-21(26)22(27)23(15)29-17)19-12-16(28-2)6-7-20(19)25(14)10-4-3-9-24/h5-8,12-13,26-27H,3-4,9-11H2,1-2H3. The molecule has 1 aliphatic rings. The van der Waals surface area contributed by atoms with Gasteiger partial charge in [-0.2, -0.15) is 0 Å². The Balaban J connectivity index is 1.78. The van der Waals surface area contributed by atoms with E-state index in [1.807, 2.05) is 18.2 Å². The molecule has 29 heavy (non-hydrogen) atoms. The molecule has 0 unspecified atom stereocenters. The highest BCUT2D eigenvalue weighted by Crippen LogP contribution is 2.44. The van der Waals surface area contributed by atoms with Gasteiger partial charge in [0.1, 0.15) is 11.5 Å². The second-order valence-electron chi connectivity index (χ2n) is 7.24. The van der Waals surface area contributed by atoms with E-state index < -0.39 is 0 Å². The maximum Gasteiger partial charge on any atom is 0.201 e. The highest BCUT2D eigenvalue weighted by atomic mass is 35.5. The van der Waals surface area contributed by atoms with E-state index >= 15 is 0 Å². The van der Waals surface area contributed by atoms with E-state index in [-0.39, 0.29) is 11.5 Å². The molecule has 0 amide bonds. The van der Waals surface area contributed by atoms with Crippen molar-refractivity contribution in [3.63, 3.8) is 0 Å². The Bertz CT molecular complexity index is 1100. The topological polar surface area (TPSA) is 63.9 Å². The molecule has 0 aliphatic carbocycles. The highest BCUT2D eigenvalue weighted by molar-refractivity contribution is 6.17. The number of alkyl halides is 1. The SMILES string of the molecule is COc1ccc2c(c1)c(C=C1Cc3ccc(O)c(O)c3O1)c(C)n2CCCCCl. The fourth-order valence-corrected chi connectivity index (χ4v) is 4.09. The first-order valence-corrected chi connectivity index (χ1v) is 10.2. The van der Waals surface area contributed by atoms with E-state index in [4.69, 9.17) is 21.1 Å². The van der Waals surface area contributed by atoms with Crippen molar-refractivity contribution < 1.29 is 19.7 Å². The Kier molecular flexibility index (Phi) is 5.33. The first-order chi connectivity index (χ1) is 14.0. The fraction of sp³-hybridized carbons (Fsp3) is 0.304. The number of nitrogens with zero attached hydrogens (tertiary/aromatic N) is 1. The first kappa shape index (κ1) is 19.5. The van der Waals surface area contributed by atoms with Gasteiger partial charge < -0.3 is 24.3 Å². The molecule has 2 heterocycles. The molecule has 4 rings (SSSR count). The molecule has 6 heteroatoms. The fourth-order valence-electron chi connectivity index (χ4n) is 3.90. The number of hydrogen-bond donors (Lipinski definition) is 2. The number of fused-ring (bicyclic) bond motifs is 2. The van der Waals surface area contributed by atoms with Gasteiger partial charge in [0.2, 0.25) is 5.75 Å². The number of methoxy groups -OCH3 is 1. The molecular weight excluding hydrogens is 390 g/mol. The second kappa shape index (κ2) is 7.91. The van der Waals surface area contributed by atoms with E-state index in [9.17, 15) is 10.2 Å². The molecule has 152 valence electrons. The lowest BCUT2D eigenvalue weighted by atomic mass is 10.1. The van der Waals surface area contributed by atoms with Crippen LogP contribution in [0.25, 0.3) is 17.0 Å². The molecule has 5 nitrogen and oxygen atoms in total. The van der Waals surface area contributed by atoms with Gasteiger partial charge in [-0.15, -0.1) is 11.6 Å². The molecular formula is C23H24ClNO4. The van der Waals surface area contributed by atoms with Gasteiger partial charge in [-0.1, -0.05) is 6.07 Å². The zero-order chi connectivity index (χ0) is 20.5. The number of aromatic hydroxyl groups is 2. The monoisotopic (exact) mass is 413 g/mol. The van der Waals surface area contributed by atoms with E-state index in [0.29, 0.717) is 18.1 Å². The summed E-state index contributed by atoms with van der Waals surface area (Å²) in [6, 6.07) is 9.35. The zero-order valence-corrected chi connectivity index (χ0v) is 17.3. The Morgan fingerprint density at radius 3 is 2.79 bits per heavy atom. The van der Waals surface area contributed by atoms with Crippen molar-refractivity contribution in [2.75, 3.05) is 13.0 Å². The maximum absolute atomic E-state index is 10.1. The molecule has 0 saturated heterocycles. The van der Waals surface area contributed by atoms with E-state index in [1.165, 1.54) is 6.07 Å². The average molecular weight is 414 g/mol. The second-order valence-corrected chi connectivity index (χ2v) is 7.62. The summed E-state index contributed by atoms with van der Waals surface area (Å²) in [5, 5.41) is 20.9. The number of rotatable bonds is 6. The lowest BCUT2D eigenvalue weighted by Crippen LogP contribution is -2.01. The summed E-state index contributed by atoms with van der Waals surface area (Å²) in [5.74, 6) is 2.12. The Morgan fingerprint density at radius 2 is 2.03 bits per heavy atom. The van der Waals surface area contributed by atoms with Gasteiger partial charge >= 0.3 is 0 Å². The number of ether oxygens (including phenoxy) is 2. The molecule has 0 saturated carbocycles. The molecule has 0 spiro atoms. The number of unbranched alkanes of at least 4 members (excludes halogenated alkanes) is 1. The van der Waals surface area contributed by atoms with Crippen molar-refractivity contribution >= 4 is 28.6 Å². The van der Waals surface area contributed by atoms with Gasteiger partial charge in [-0.05, 0) is 50.1 Å². The van der Waals surface area contributed by atoms with Crippen molar-refractivity contribution in [2.24, 2.45) is 0 Å². The molecule has 2 N–H and O–H groups in total. The van der Waals surface area contributed by atoms with Gasteiger partial charge in [0.25, 0.3) is 0 Å². The summed E-state index contributed by atoms with van der Waals surface area (Å²) < 4.78 is 13.6. The van der Waals surface area contributed by atoms with Crippen LogP contribution in [-0.2, 0) is 13.0 Å². The van der Waals surface area contributed by atoms with Crippen molar-refractivity contribution in [2.45, 2.75) is 32.7 Å². The van der Waals surface area contributed by atoms with E-state index in [1.54, 1.807) is 13.2 Å². The van der Waals surface area contributed by atoms with Crippen LogP contribution < -0.4 is 9.47 Å². The molecule has 0 bridgehead atoms. The van der Waals surface area contributed by atoms with Crippen LogP contribution >= 0.6 is 11.6 Å². The Hall–Kier alpha value is -2.79. The van der Waals surface area contributed by atoms with Crippen LogP contribution in [0.5, 0.6) is 23.0 Å². The number of hydrogen-bond acceptors (Lipinski definition) is 4. The average Bonchev–Trinajstić information content (AvgIpc) is 3.25. The number of aromatic nitrogens is 1. The number of allylic oxidation sites excluding steroid dienone is 1. The van der Waals surface area contributed by atoms with Gasteiger partial charge in [-0.25, -0.2) is 0 Å². The van der Waals surface area contributed by atoms with E-state index in [2.05, 4.69) is 17.6 Å². The van der Waals surface area contributed by atoms with Crippen LogP contribution in [0.4, 0.5) is 0 Å². The number of benzene rings is 2. The third-order valence-electron chi connectivity index (χ3n) is 5.44. The van der Waals surface area contributed by atoms with Crippen LogP contribution in [0.1, 0.15) is 29.7 Å². The van der Waals surface area contributed by atoms with Gasteiger partial charge in [0.05, 0.1) is 7.11 Å². The Labute approximate surface area is 174 Å². The predicted molar refractivity (Wildman–Crippen MR) is 115 cm³/mol. The van der Waals surface area contributed by atoms with Crippen molar-refractivity contribution in [1.82, 2.24) is 4.57 Å². The maximum atomic E-state index is 10.1. The number of halogens is 1. The third kappa shape index (κ3) is 3.51. The lowest BCUT2D eigenvalue weighted by molar-refractivity contribution is 0.368. The summed E-state index contributed by atoms with van der Waals surface area (Å²) >= 11 is 5.86. The minimum absolute atomic E-state index is 0.179. The molecule has 1 aromatic heterocycles. The molecule has 1 aliphatic heterocycles. The zero-order valence-electron chi connectivity index (χ0n) is 16.5. The Morgan fingerprint density at radius 1 is 1.21 bits per heavy atom. The minimum atomic E-state index is -0.215. The summed E-state index contributed by atoms with van der Waals surface area (Å²) in [6.45, 7) is 2.99. The first-order valence-electron chi connectivity index (χ1n) is 9.68. The van der Waals surface area contributed by atoms with Gasteiger partial charge in [0, 0.05) is 46.6 Å². The van der Waals surface area contributed by atoms with Gasteiger partial charge in [-0.3, -0.25) is 0 Å². The molecule has 0 fully saturated rings. The summed E-state index contributed by atoms with van der Waals surface area (Å²) in [4.78, 5) is 0. The third-order valence-corrected chi connectivity index (χ3v) is 5.71. The summed E-state index contributed by atoms with van der Waals surface area (Å²) in [7, 11) is 1.66. The van der Waals surface area contributed by atoms with Crippen molar-refractivity contribution in [3.05, 3.63) is 52.9 Å². The molecule has 0 radical (unpaired) electrons. The van der Waals surface area contributed by atoms with Crippen molar-refractivity contribution in [3.8, 4) is 23.0 Å². The quantitative estimate of drug-likeness (QED) is 0.324. The van der Waals surface area contributed by atoms with Crippen LogP contribution in [0.15, 0.2) is 36.1 Å². The number of phenolic OH excluding ortho intramolecular Hbond substituents is 2. The normalized spacial score (nSPS) is 14.4. The largest absolute Gasteiger partial charge is 0.504 e. The summed E-state index contributed by atoms with van der Waals surface area (Å²) in [6.07, 6.45) is 4.55. The smallest absolute Gasteiger partial charge is 0.201 e. The van der Waals surface area contributed by atoms with Crippen LogP contribution in [0.2, 0.25) is 0 Å². The van der Waals surface area contributed by atoms with Gasteiger partial charge in [0.15, 0.2) is 11.5 Å². The van der Waals surface area contributed by atoms with Crippen LogP contribution in [0, 0.1) is 6.92 Å². The number of phenols is 2. The van der Waals surface area contributed by atoms with E-state index in [0.717, 1.165) is 58.6 Å². The molecule has 2 aromatic carbocycles.